The summed E-state index contributed by atoms with van der Waals surface area (Å²) in [5.74, 6) is -0.218. The zero-order valence-corrected chi connectivity index (χ0v) is 10.5. The molecule has 1 aromatic rings. The van der Waals surface area contributed by atoms with Crippen LogP contribution in [0, 0.1) is 12.7 Å². The Morgan fingerprint density at radius 1 is 1.38 bits per heavy atom. The number of hydrogen-bond acceptors (Lipinski definition) is 2. The quantitative estimate of drug-likeness (QED) is 0.807. The second-order valence-corrected chi connectivity index (χ2v) is 4.38. The molecule has 0 aliphatic rings. The van der Waals surface area contributed by atoms with Crippen LogP contribution >= 0.6 is 11.6 Å². The molecular formula is C12H18ClFN2. The van der Waals surface area contributed by atoms with Gasteiger partial charge in [-0.2, -0.15) is 0 Å². The molecule has 0 saturated heterocycles. The van der Waals surface area contributed by atoms with Gasteiger partial charge in [0.25, 0.3) is 0 Å². The Bertz CT molecular complexity index is 355. The summed E-state index contributed by atoms with van der Waals surface area (Å²) in [6.07, 6.45) is 1.95. The molecule has 0 unspecified atom stereocenters. The zero-order chi connectivity index (χ0) is 12.1. The first-order valence-electron chi connectivity index (χ1n) is 5.43. The molecule has 4 heteroatoms. The molecule has 0 spiro atoms. The van der Waals surface area contributed by atoms with Crippen molar-refractivity contribution in [3.63, 3.8) is 0 Å². The average molecular weight is 245 g/mol. The molecule has 0 aromatic heterocycles. The topological polar surface area (TPSA) is 29.3 Å². The number of benzene rings is 1. The van der Waals surface area contributed by atoms with E-state index in [0.717, 1.165) is 25.1 Å². The molecule has 1 rings (SSSR count). The average Bonchev–Trinajstić information content (AvgIpc) is 2.23. The number of nitrogens with zero attached hydrogens (tertiary/aromatic N) is 1. The lowest BCUT2D eigenvalue weighted by atomic mass is 10.2. The molecule has 0 fully saturated rings. The van der Waals surface area contributed by atoms with Crippen molar-refractivity contribution in [1.82, 2.24) is 0 Å². The fraction of sp³-hybridized carbons (Fsp3) is 0.500. The van der Waals surface area contributed by atoms with Crippen molar-refractivity contribution in [2.24, 2.45) is 5.73 Å². The first-order valence-corrected chi connectivity index (χ1v) is 5.81. The van der Waals surface area contributed by atoms with E-state index in [1.165, 1.54) is 6.07 Å². The summed E-state index contributed by atoms with van der Waals surface area (Å²) in [5.41, 5.74) is 6.73. The van der Waals surface area contributed by atoms with Gasteiger partial charge in [-0.15, -0.1) is 0 Å². The molecule has 0 saturated carbocycles. The Labute approximate surface area is 101 Å². The number of anilines is 1. The maximum Gasteiger partial charge on any atom is 0.128 e. The maximum atomic E-state index is 13.4. The summed E-state index contributed by atoms with van der Waals surface area (Å²) in [6.45, 7) is 3.22. The van der Waals surface area contributed by atoms with Gasteiger partial charge in [0.15, 0.2) is 0 Å². The molecule has 16 heavy (non-hydrogen) atoms. The van der Waals surface area contributed by atoms with Crippen molar-refractivity contribution in [2.45, 2.75) is 19.8 Å². The van der Waals surface area contributed by atoms with Crippen molar-refractivity contribution in [3.05, 3.63) is 28.5 Å². The van der Waals surface area contributed by atoms with E-state index in [2.05, 4.69) is 0 Å². The van der Waals surface area contributed by atoms with Crippen LogP contribution in [0.2, 0.25) is 5.02 Å². The van der Waals surface area contributed by atoms with Crippen LogP contribution in [0.15, 0.2) is 12.1 Å². The first kappa shape index (κ1) is 13.3. The van der Waals surface area contributed by atoms with Crippen LogP contribution in [-0.2, 0) is 0 Å². The van der Waals surface area contributed by atoms with Crippen molar-refractivity contribution in [2.75, 3.05) is 25.0 Å². The molecule has 0 heterocycles. The van der Waals surface area contributed by atoms with E-state index in [9.17, 15) is 4.39 Å². The fourth-order valence-electron chi connectivity index (χ4n) is 1.54. The van der Waals surface area contributed by atoms with Crippen molar-refractivity contribution < 1.29 is 4.39 Å². The molecule has 2 N–H and O–H groups in total. The Morgan fingerprint density at radius 3 is 2.69 bits per heavy atom. The highest BCUT2D eigenvalue weighted by Crippen LogP contribution is 2.28. The number of nitrogens with two attached hydrogens (primary N) is 1. The molecule has 2 nitrogen and oxygen atoms in total. The third-order valence-corrected chi connectivity index (χ3v) is 2.89. The molecule has 0 bridgehead atoms. The van der Waals surface area contributed by atoms with Gasteiger partial charge in [-0.1, -0.05) is 11.6 Å². The lowest BCUT2D eigenvalue weighted by Gasteiger charge is -2.21. The molecule has 90 valence electrons. The Hall–Kier alpha value is -0.800. The fourth-order valence-corrected chi connectivity index (χ4v) is 1.90. The minimum atomic E-state index is -0.218. The van der Waals surface area contributed by atoms with E-state index < -0.39 is 0 Å². The molecule has 1 aromatic carbocycles. The highest BCUT2D eigenvalue weighted by molar-refractivity contribution is 6.33. The summed E-state index contributed by atoms with van der Waals surface area (Å²) >= 11 is 6.08. The first-order chi connectivity index (χ1) is 7.56. The number of halogens is 2. The second-order valence-electron chi connectivity index (χ2n) is 3.97. The van der Waals surface area contributed by atoms with Gasteiger partial charge in [0.2, 0.25) is 0 Å². The number of hydrogen-bond donors (Lipinski definition) is 1. The summed E-state index contributed by atoms with van der Waals surface area (Å²) in [6, 6.07) is 3.14. The largest absolute Gasteiger partial charge is 0.373 e. The van der Waals surface area contributed by atoms with E-state index in [-0.39, 0.29) is 5.82 Å². The van der Waals surface area contributed by atoms with Crippen LogP contribution < -0.4 is 10.6 Å². The van der Waals surface area contributed by atoms with Crippen LogP contribution in [-0.4, -0.2) is 20.1 Å². The van der Waals surface area contributed by atoms with Crippen LogP contribution in [0.25, 0.3) is 0 Å². The van der Waals surface area contributed by atoms with Gasteiger partial charge in [-0.25, -0.2) is 4.39 Å². The van der Waals surface area contributed by atoms with E-state index in [0.29, 0.717) is 17.1 Å². The Morgan fingerprint density at radius 2 is 2.06 bits per heavy atom. The van der Waals surface area contributed by atoms with Gasteiger partial charge in [0.05, 0.1) is 10.7 Å². The van der Waals surface area contributed by atoms with Crippen LogP contribution in [0.5, 0.6) is 0 Å². The maximum absolute atomic E-state index is 13.4. The van der Waals surface area contributed by atoms with E-state index in [1.54, 1.807) is 13.0 Å². The summed E-state index contributed by atoms with van der Waals surface area (Å²) < 4.78 is 13.4. The van der Waals surface area contributed by atoms with Gasteiger partial charge in [-0.05, 0) is 44.0 Å². The highest BCUT2D eigenvalue weighted by atomic mass is 35.5. The van der Waals surface area contributed by atoms with Crippen molar-refractivity contribution >= 4 is 17.3 Å². The molecular weight excluding hydrogens is 227 g/mol. The molecule has 0 atom stereocenters. The standard InChI is InChI=1S/C12H18ClFN2/c1-9-7-10(13)12(8-11(9)14)16(2)6-4-3-5-15/h7-8H,3-6,15H2,1-2H3. The predicted molar refractivity (Wildman–Crippen MR) is 67.7 cm³/mol. The zero-order valence-electron chi connectivity index (χ0n) is 9.76. The van der Waals surface area contributed by atoms with Crippen molar-refractivity contribution in [3.8, 4) is 0 Å². The number of rotatable bonds is 5. The van der Waals surface area contributed by atoms with E-state index >= 15 is 0 Å². The normalized spacial score (nSPS) is 10.6. The summed E-state index contributed by atoms with van der Waals surface area (Å²) in [5, 5.41) is 0.592. The Kier molecular flexibility index (Phi) is 5.03. The van der Waals surface area contributed by atoms with Crippen LogP contribution in [0.1, 0.15) is 18.4 Å². The molecule has 0 aliphatic heterocycles. The van der Waals surface area contributed by atoms with Gasteiger partial charge < -0.3 is 10.6 Å². The van der Waals surface area contributed by atoms with E-state index in [4.69, 9.17) is 17.3 Å². The van der Waals surface area contributed by atoms with Gasteiger partial charge in [-0.3, -0.25) is 0 Å². The van der Waals surface area contributed by atoms with Gasteiger partial charge in [0, 0.05) is 13.6 Å². The molecule has 0 aliphatic carbocycles. The van der Waals surface area contributed by atoms with E-state index in [1.807, 2.05) is 11.9 Å². The van der Waals surface area contributed by atoms with Gasteiger partial charge in [0.1, 0.15) is 5.82 Å². The smallest absolute Gasteiger partial charge is 0.128 e. The number of aryl methyl sites for hydroxylation is 1. The third kappa shape index (κ3) is 3.35. The monoisotopic (exact) mass is 244 g/mol. The lowest BCUT2D eigenvalue weighted by molar-refractivity contribution is 0.617. The third-order valence-electron chi connectivity index (χ3n) is 2.59. The SMILES string of the molecule is Cc1cc(Cl)c(N(C)CCCCN)cc1F. The summed E-state index contributed by atoms with van der Waals surface area (Å²) in [7, 11) is 1.91. The summed E-state index contributed by atoms with van der Waals surface area (Å²) in [4.78, 5) is 1.96. The predicted octanol–water partition coefficient (Wildman–Crippen LogP) is 2.96. The molecule has 0 amide bonds. The van der Waals surface area contributed by atoms with Crippen LogP contribution in [0.4, 0.5) is 10.1 Å². The molecule has 0 radical (unpaired) electrons. The second kappa shape index (κ2) is 6.06. The Balaban J connectivity index is 2.75. The van der Waals surface area contributed by atoms with Crippen molar-refractivity contribution in [1.29, 1.82) is 0 Å². The lowest BCUT2D eigenvalue weighted by Crippen LogP contribution is -2.20. The minimum Gasteiger partial charge on any atom is -0.373 e. The van der Waals surface area contributed by atoms with Gasteiger partial charge >= 0.3 is 0 Å². The number of unbranched alkanes of at least 4 members (excludes halogenated alkanes) is 1. The van der Waals surface area contributed by atoms with Crippen LogP contribution in [0.3, 0.4) is 0 Å². The highest BCUT2D eigenvalue weighted by Gasteiger charge is 2.09. The minimum absolute atomic E-state index is 0.218.